The van der Waals surface area contributed by atoms with Gasteiger partial charge in [-0.2, -0.15) is 0 Å². The lowest BCUT2D eigenvalue weighted by Gasteiger charge is -2.09. The van der Waals surface area contributed by atoms with E-state index in [4.69, 9.17) is 11.6 Å². The van der Waals surface area contributed by atoms with Gasteiger partial charge in [-0.3, -0.25) is 4.79 Å². The zero-order valence-corrected chi connectivity index (χ0v) is 9.29. The van der Waals surface area contributed by atoms with Crippen molar-refractivity contribution in [2.75, 3.05) is 12.4 Å². The van der Waals surface area contributed by atoms with E-state index >= 15 is 0 Å². The van der Waals surface area contributed by atoms with Gasteiger partial charge in [0.05, 0.1) is 0 Å². The number of amides is 1. The topological polar surface area (TPSA) is 49.3 Å². The molecule has 0 bridgehead atoms. The lowest BCUT2D eigenvalue weighted by molar-refractivity contribution is 0.0949. The molecule has 0 heterocycles. The second kappa shape index (κ2) is 5.61. The maximum atomic E-state index is 11.6. The normalized spacial score (nSPS) is 12.1. The molecule has 0 radical (unpaired) electrons. The summed E-state index contributed by atoms with van der Waals surface area (Å²) in [4.78, 5) is 11.6. The first kappa shape index (κ1) is 11.9. The predicted molar refractivity (Wildman–Crippen MR) is 60.3 cm³/mol. The van der Waals surface area contributed by atoms with Crippen LogP contribution < -0.4 is 5.32 Å². The summed E-state index contributed by atoms with van der Waals surface area (Å²) in [5.41, 5.74) is 0.455. The summed E-state index contributed by atoms with van der Waals surface area (Å²) in [6, 6.07) is 6.24. The standard InChI is InChI=1S/C11H14ClNO2/c1-8(6-12)7-13-11(15)9-3-2-4-10(14)5-9/h2-5,8,14H,6-7H2,1H3,(H,13,15). The molecule has 82 valence electrons. The molecule has 0 aliphatic carbocycles. The molecule has 1 amide bonds. The lowest BCUT2D eigenvalue weighted by Crippen LogP contribution is -2.28. The summed E-state index contributed by atoms with van der Waals surface area (Å²) in [7, 11) is 0. The largest absolute Gasteiger partial charge is 0.508 e. The van der Waals surface area contributed by atoms with Gasteiger partial charge in [0.15, 0.2) is 0 Å². The zero-order chi connectivity index (χ0) is 11.3. The number of hydrogen-bond acceptors (Lipinski definition) is 2. The van der Waals surface area contributed by atoms with Crippen LogP contribution in [-0.2, 0) is 0 Å². The smallest absolute Gasteiger partial charge is 0.251 e. The molecule has 1 aromatic rings. The minimum Gasteiger partial charge on any atom is -0.508 e. The number of rotatable bonds is 4. The van der Waals surface area contributed by atoms with E-state index in [0.29, 0.717) is 18.0 Å². The maximum absolute atomic E-state index is 11.6. The van der Waals surface area contributed by atoms with Gasteiger partial charge in [-0.15, -0.1) is 11.6 Å². The Morgan fingerprint density at radius 2 is 2.33 bits per heavy atom. The first-order valence-electron chi connectivity index (χ1n) is 4.76. The molecule has 1 rings (SSSR count). The van der Waals surface area contributed by atoms with Crippen molar-refractivity contribution in [2.24, 2.45) is 5.92 Å². The van der Waals surface area contributed by atoms with Gasteiger partial charge in [-0.1, -0.05) is 13.0 Å². The number of phenols is 1. The van der Waals surface area contributed by atoms with Gasteiger partial charge in [-0.25, -0.2) is 0 Å². The predicted octanol–water partition coefficient (Wildman–Crippen LogP) is 2.00. The van der Waals surface area contributed by atoms with Crippen LogP contribution in [0.2, 0.25) is 0 Å². The van der Waals surface area contributed by atoms with Crippen molar-refractivity contribution in [1.29, 1.82) is 0 Å². The van der Waals surface area contributed by atoms with Crippen LogP contribution in [0.25, 0.3) is 0 Å². The highest BCUT2D eigenvalue weighted by Crippen LogP contribution is 2.10. The van der Waals surface area contributed by atoms with E-state index < -0.39 is 0 Å². The third-order valence-electron chi connectivity index (χ3n) is 1.98. The van der Waals surface area contributed by atoms with E-state index in [9.17, 15) is 9.90 Å². The van der Waals surface area contributed by atoms with Gasteiger partial charge in [0.2, 0.25) is 0 Å². The number of aromatic hydroxyl groups is 1. The Hall–Kier alpha value is -1.22. The summed E-state index contributed by atoms with van der Waals surface area (Å²) in [5, 5.41) is 11.9. The van der Waals surface area contributed by atoms with Gasteiger partial charge in [0.25, 0.3) is 5.91 Å². The molecule has 3 nitrogen and oxygen atoms in total. The zero-order valence-electron chi connectivity index (χ0n) is 8.53. The molecule has 0 fully saturated rings. The lowest BCUT2D eigenvalue weighted by atomic mass is 10.2. The van der Waals surface area contributed by atoms with Crippen LogP contribution in [0.4, 0.5) is 0 Å². The monoisotopic (exact) mass is 227 g/mol. The Bertz CT molecular complexity index is 341. The number of benzene rings is 1. The highest BCUT2D eigenvalue weighted by atomic mass is 35.5. The fraction of sp³-hybridized carbons (Fsp3) is 0.364. The van der Waals surface area contributed by atoms with E-state index in [1.165, 1.54) is 12.1 Å². The average molecular weight is 228 g/mol. The first-order valence-corrected chi connectivity index (χ1v) is 5.30. The molecule has 4 heteroatoms. The van der Waals surface area contributed by atoms with Gasteiger partial charge < -0.3 is 10.4 Å². The van der Waals surface area contributed by atoms with Crippen molar-refractivity contribution < 1.29 is 9.90 Å². The van der Waals surface area contributed by atoms with Crippen molar-refractivity contribution in [3.8, 4) is 5.75 Å². The molecule has 15 heavy (non-hydrogen) atoms. The number of phenolic OH excluding ortho intramolecular Hbond substituents is 1. The minimum absolute atomic E-state index is 0.0908. The Morgan fingerprint density at radius 1 is 1.60 bits per heavy atom. The van der Waals surface area contributed by atoms with E-state index in [2.05, 4.69) is 5.32 Å². The third-order valence-corrected chi connectivity index (χ3v) is 2.51. The second-order valence-corrected chi connectivity index (χ2v) is 3.83. The Kier molecular flexibility index (Phi) is 4.43. The van der Waals surface area contributed by atoms with Crippen LogP contribution in [0.15, 0.2) is 24.3 Å². The molecular weight excluding hydrogens is 214 g/mol. The average Bonchev–Trinajstić information content (AvgIpc) is 2.25. The molecule has 0 saturated heterocycles. The van der Waals surface area contributed by atoms with Crippen LogP contribution in [0.3, 0.4) is 0 Å². The van der Waals surface area contributed by atoms with E-state index in [-0.39, 0.29) is 17.6 Å². The number of nitrogens with one attached hydrogen (secondary N) is 1. The fourth-order valence-corrected chi connectivity index (χ4v) is 1.18. The number of carbonyl (C=O) groups excluding carboxylic acids is 1. The van der Waals surface area contributed by atoms with Crippen LogP contribution >= 0.6 is 11.6 Å². The Morgan fingerprint density at radius 3 is 2.93 bits per heavy atom. The minimum atomic E-state index is -0.192. The summed E-state index contributed by atoms with van der Waals surface area (Å²) in [5.74, 6) is 0.657. The van der Waals surface area contributed by atoms with Crippen molar-refractivity contribution in [1.82, 2.24) is 5.32 Å². The van der Waals surface area contributed by atoms with Crippen LogP contribution in [0.1, 0.15) is 17.3 Å². The van der Waals surface area contributed by atoms with Crippen LogP contribution in [0.5, 0.6) is 5.75 Å². The first-order chi connectivity index (χ1) is 7.13. The molecule has 2 N–H and O–H groups in total. The van der Waals surface area contributed by atoms with Gasteiger partial charge >= 0.3 is 0 Å². The number of carbonyl (C=O) groups is 1. The second-order valence-electron chi connectivity index (χ2n) is 3.52. The molecule has 0 spiro atoms. The van der Waals surface area contributed by atoms with Crippen molar-refractivity contribution >= 4 is 17.5 Å². The van der Waals surface area contributed by atoms with Crippen LogP contribution in [0, 0.1) is 5.92 Å². The van der Waals surface area contributed by atoms with Gasteiger partial charge in [0, 0.05) is 18.0 Å². The SMILES string of the molecule is CC(CCl)CNC(=O)c1cccc(O)c1. The molecule has 1 atom stereocenters. The molecule has 1 unspecified atom stereocenters. The Labute approximate surface area is 94.1 Å². The van der Waals surface area contributed by atoms with E-state index in [1.807, 2.05) is 6.92 Å². The summed E-state index contributed by atoms with van der Waals surface area (Å²) < 4.78 is 0. The fourth-order valence-electron chi connectivity index (χ4n) is 1.07. The molecule has 0 aliphatic rings. The molecule has 0 aliphatic heterocycles. The van der Waals surface area contributed by atoms with Crippen molar-refractivity contribution in [3.05, 3.63) is 29.8 Å². The number of alkyl halides is 1. The number of halogens is 1. The highest BCUT2D eigenvalue weighted by molar-refractivity contribution is 6.18. The van der Waals surface area contributed by atoms with Crippen molar-refractivity contribution in [3.63, 3.8) is 0 Å². The van der Waals surface area contributed by atoms with E-state index in [1.54, 1.807) is 12.1 Å². The van der Waals surface area contributed by atoms with Crippen LogP contribution in [-0.4, -0.2) is 23.4 Å². The highest BCUT2D eigenvalue weighted by Gasteiger charge is 2.07. The number of hydrogen-bond donors (Lipinski definition) is 2. The summed E-state index contributed by atoms with van der Waals surface area (Å²) in [6.45, 7) is 2.49. The Balaban J connectivity index is 2.54. The van der Waals surface area contributed by atoms with Crippen molar-refractivity contribution in [2.45, 2.75) is 6.92 Å². The molecule has 0 saturated carbocycles. The summed E-state index contributed by atoms with van der Waals surface area (Å²) in [6.07, 6.45) is 0. The third kappa shape index (κ3) is 3.80. The molecular formula is C11H14ClNO2. The van der Waals surface area contributed by atoms with Gasteiger partial charge in [-0.05, 0) is 24.1 Å². The molecule has 0 aromatic heterocycles. The van der Waals surface area contributed by atoms with Gasteiger partial charge in [0.1, 0.15) is 5.75 Å². The summed E-state index contributed by atoms with van der Waals surface area (Å²) >= 11 is 5.62. The quantitative estimate of drug-likeness (QED) is 0.773. The molecule has 1 aromatic carbocycles. The van der Waals surface area contributed by atoms with E-state index in [0.717, 1.165) is 0 Å². The maximum Gasteiger partial charge on any atom is 0.251 e.